The van der Waals surface area contributed by atoms with Gasteiger partial charge in [0.1, 0.15) is 5.75 Å². The van der Waals surface area contributed by atoms with E-state index in [9.17, 15) is 5.11 Å². The number of aromatic nitrogens is 1. The zero-order chi connectivity index (χ0) is 23.7. The van der Waals surface area contributed by atoms with Crippen LogP contribution in [0, 0.1) is 0 Å². The second-order valence-corrected chi connectivity index (χ2v) is 12.2. The van der Waals surface area contributed by atoms with Gasteiger partial charge in [-0.2, -0.15) is 11.8 Å². The number of phenolic OH excluding ortho intramolecular Hbond substituents is 1. The second kappa shape index (κ2) is 9.70. The van der Waals surface area contributed by atoms with Crippen molar-refractivity contribution in [2.75, 3.05) is 0 Å². The van der Waals surface area contributed by atoms with Gasteiger partial charge in [0.05, 0.1) is 16.7 Å². The van der Waals surface area contributed by atoms with E-state index in [1.807, 2.05) is 0 Å². The lowest BCUT2D eigenvalue weighted by atomic mass is 9.85. The molecule has 0 atom stereocenters. The number of phenols is 1. The van der Waals surface area contributed by atoms with E-state index < -0.39 is 0 Å². The number of thioether (sulfide) groups is 1. The summed E-state index contributed by atoms with van der Waals surface area (Å²) in [6.07, 6.45) is 9.46. The third kappa shape index (κ3) is 4.60. The van der Waals surface area contributed by atoms with Crippen LogP contribution in [0.1, 0.15) is 76.8 Å². The summed E-state index contributed by atoms with van der Waals surface area (Å²) >= 11 is 2.05. The zero-order valence-electron chi connectivity index (χ0n) is 20.8. The van der Waals surface area contributed by atoms with E-state index >= 15 is 0 Å². The Hall–Kier alpha value is -2.39. The van der Waals surface area contributed by atoms with Gasteiger partial charge in [0.2, 0.25) is 0 Å². The van der Waals surface area contributed by atoms with Gasteiger partial charge in [-0.15, -0.1) is 0 Å². The summed E-state index contributed by atoms with van der Waals surface area (Å²) in [5, 5.41) is 14.8. The van der Waals surface area contributed by atoms with Crippen LogP contribution in [0.2, 0.25) is 0 Å². The van der Waals surface area contributed by atoms with Gasteiger partial charge in [-0.1, -0.05) is 95.3 Å². The molecule has 34 heavy (non-hydrogen) atoms. The molecule has 1 aliphatic carbocycles. The summed E-state index contributed by atoms with van der Waals surface area (Å²) in [5.41, 5.74) is 5.53. The van der Waals surface area contributed by atoms with Crippen LogP contribution in [-0.2, 0) is 11.2 Å². The molecule has 4 aromatic rings. The summed E-state index contributed by atoms with van der Waals surface area (Å²) < 4.78 is 2.26. The molecule has 1 aliphatic rings. The second-order valence-electron chi connectivity index (χ2n) is 10.9. The van der Waals surface area contributed by atoms with Crippen LogP contribution in [0.5, 0.6) is 5.75 Å². The summed E-state index contributed by atoms with van der Waals surface area (Å²) in [7, 11) is 0. The van der Waals surface area contributed by atoms with Crippen molar-refractivity contribution in [3.8, 4) is 11.4 Å². The first-order valence-corrected chi connectivity index (χ1v) is 13.9. The van der Waals surface area contributed by atoms with E-state index in [4.69, 9.17) is 0 Å². The van der Waals surface area contributed by atoms with Gasteiger partial charge in [-0.3, -0.25) is 0 Å². The molecule has 3 heteroatoms. The van der Waals surface area contributed by atoms with E-state index in [1.54, 1.807) is 0 Å². The predicted octanol–water partition coefficient (Wildman–Crippen LogP) is 9.13. The minimum Gasteiger partial charge on any atom is -0.505 e. The smallest absolute Gasteiger partial charge is 0.143 e. The van der Waals surface area contributed by atoms with Crippen LogP contribution >= 0.6 is 11.8 Å². The molecule has 5 rings (SSSR count). The molecule has 0 unspecified atom stereocenters. The molecule has 1 N–H and O–H groups in total. The van der Waals surface area contributed by atoms with Gasteiger partial charge in [-0.25, -0.2) is 0 Å². The molecule has 0 radical (unpaired) electrons. The molecular weight excluding hydrogens is 434 g/mol. The third-order valence-electron chi connectivity index (χ3n) is 7.38. The Bertz CT molecular complexity index is 1240. The quantitative estimate of drug-likeness (QED) is 0.321. The Kier molecular flexibility index (Phi) is 6.66. The van der Waals surface area contributed by atoms with E-state index in [2.05, 4.69) is 97.8 Å². The lowest BCUT2D eigenvalue weighted by molar-refractivity contribution is 0.466. The molecule has 1 aromatic heterocycles. The highest BCUT2D eigenvalue weighted by atomic mass is 32.2. The minimum absolute atomic E-state index is 0.000856. The predicted molar refractivity (Wildman–Crippen MR) is 149 cm³/mol. The lowest BCUT2D eigenvalue weighted by Gasteiger charge is -2.24. The number of hydrogen-bond donors (Lipinski definition) is 1. The molecule has 2 nitrogen and oxygen atoms in total. The summed E-state index contributed by atoms with van der Waals surface area (Å²) in [6.45, 7) is 6.79. The number of hydrogen-bond acceptors (Lipinski definition) is 2. The molecule has 3 aromatic carbocycles. The average molecular weight is 472 g/mol. The number of benzene rings is 3. The van der Waals surface area contributed by atoms with Gasteiger partial charge < -0.3 is 9.67 Å². The summed E-state index contributed by atoms with van der Waals surface area (Å²) in [4.78, 5) is 0. The van der Waals surface area contributed by atoms with Crippen molar-refractivity contribution < 1.29 is 5.11 Å². The Labute approximate surface area is 208 Å². The SMILES string of the molecule is CC(C)(C)c1cc(CSC2CCCCCCC2)c(O)c(-n2c3ccccc3c3ccccc32)c1. The lowest BCUT2D eigenvalue weighted by Crippen LogP contribution is -2.13. The van der Waals surface area contributed by atoms with Crippen LogP contribution in [0.4, 0.5) is 0 Å². The van der Waals surface area contributed by atoms with Crippen molar-refractivity contribution in [3.05, 3.63) is 71.8 Å². The van der Waals surface area contributed by atoms with Crippen molar-refractivity contribution >= 4 is 33.6 Å². The Balaban J connectivity index is 1.62. The largest absolute Gasteiger partial charge is 0.505 e. The molecule has 178 valence electrons. The average Bonchev–Trinajstić information content (AvgIpc) is 3.13. The molecule has 0 bridgehead atoms. The van der Waals surface area contributed by atoms with Gasteiger partial charge in [0, 0.05) is 27.3 Å². The summed E-state index contributed by atoms with van der Waals surface area (Å²) in [5.74, 6) is 1.29. The highest BCUT2D eigenvalue weighted by Gasteiger charge is 2.23. The molecule has 1 saturated carbocycles. The van der Waals surface area contributed by atoms with Crippen LogP contribution < -0.4 is 0 Å². The summed E-state index contributed by atoms with van der Waals surface area (Å²) in [6, 6.07) is 21.5. The van der Waals surface area contributed by atoms with E-state index in [1.165, 1.54) is 61.3 Å². The van der Waals surface area contributed by atoms with Crippen LogP contribution in [0.25, 0.3) is 27.5 Å². The van der Waals surface area contributed by atoms with Crippen LogP contribution in [0.3, 0.4) is 0 Å². The van der Waals surface area contributed by atoms with Gasteiger partial charge in [-0.05, 0) is 42.0 Å². The van der Waals surface area contributed by atoms with Crippen molar-refractivity contribution in [1.29, 1.82) is 0 Å². The number of rotatable bonds is 4. The first-order valence-electron chi connectivity index (χ1n) is 12.9. The van der Waals surface area contributed by atoms with Crippen LogP contribution in [0.15, 0.2) is 60.7 Å². The number of aromatic hydroxyl groups is 1. The Morgan fingerprint density at radius 3 is 1.97 bits per heavy atom. The maximum Gasteiger partial charge on any atom is 0.143 e. The van der Waals surface area contributed by atoms with Gasteiger partial charge >= 0.3 is 0 Å². The molecule has 1 fully saturated rings. The number of nitrogens with zero attached hydrogens (tertiary/aromatic N) is 1. The fourth-order valence-electron chi connectivity index (χ4n) is 5.37. The highest BCUT2D eigenvalue weighted by molar-refractivity contribution is 7.99. The molecule has 0 aliphatic heterocycles. The van der Waals surface area contributed by atoms with E-state index in [-0.39, 0.29) is 5.41 Å². The maximum atomic E-state index is 11.7. The highest BCUT2D eigenvalue weighted by Crippen LogP contribution is 2.41. The van der Waals surface area contributed by atoms with Crippen molar-refractivity contribution in [2.24, 2.45) is 0 Å². The fourth-order valence-corrected chi connectivity index (χ4v) is 6.67. The normalized spacial score (nSPS) is 16.1. The topological polar surface area (TPSA) is 25.2 Å². The van der Waals surface area contributed by atoms with Crippen molar-refractivity contribution in [1.82, 2.24) is 4.57 Å². The van der Waals surface area contributed by atoms with Crippen molar-refractivity contribution in [2.45, 2.75) is 82.1 Å². The van der Waals surface area contributed by atoms with E-state index in [0.29, 0.717) is 11.0 Å². The third-order valence-corrected chi connectivity index (χ3v) is 8.80. The molecule has 0 saturated heterocycles. The monoisotopic (exact) mass is 471 g/mol. The maximum absolute atomic E-state index is 11.7. The Morgan fingerprint density at radius 1 is 0.824 bits per heavy atom. The molecular formula is C31H37NOS. The zero-order valence-corrected chi connectivity index (χ0v) is 21.6. The van der Waals surface area contributed by atoms with E-state index in [0.717, 1.165) is 28.0 Å². The van der Waals surface area contributed by atoms with Crippen molar-refractivity contribution in [3.63, 3.8) is 0 Å². The Morgan fingerprint density at radius 2 is 1.38 bits per heavy atom. The number of fused-ring (bicyclic) bond motifs is 3. The first-order chi connectivity index (χ1) is 16.4. The first kappa shape index (κ1) is 23.4. The minimum atomic E-state index is 0.000856. The number of para-hydroxylation sites is 2. The standard InChI is InChI=1S/C31H37NOS/c1-31(2,3)23-19-22(21-34-24-13-7-5-4-6-8-14-24)30(33)29(20-23)32-27-17-11-9-15-25(27)26-16-10-12-18-28(26)32/h9-12,15-20,24,33H,4-8,13-14,21H2,1-3H3. The van der Waals surface area contributed by atoms with Gasteiger partial charge in [0.25, 0.3) is 0 Å². The van der Waals surface area contributed by atoms with Gasteiger partial charge in [0.15, 0.2) is 0 Å². The fraction of sp³-hybridized carbons (Fsp3) is 0.419. The molecule has 1 heterocycles. The molecule has 0 spiro atoms. The van der Waals surface area contributed by atoms with Crippen LogP contribution in [-0.4, -0.2) is 14.9 Å². The molecule has 0 amide bonds.